The highest BCUT2D eigenvalue weighted by Gasteiger charge is 2.38. The van der Waals surface area contributed by atoms with Crippen LogP contribution in [0.3, 0.4) is 0 Å². The van der Waals surface area contributed by atoms with Gasteiger partial charge in [-0.3, -0.25) is 4.79 Å². The number of nitrogens with one attached hydrogen (secondary N) is 2. The van der Waals surface area contributed by atoms with Crippen molar-refractivity contribution >= 4 is 11.6 Å². The van der Waals surface area contributed by atoms with Gasteiger partial charge in [-0.05, 0) is 43.0 Å². The second-order valence-electron chi connectivity index (χ2n) is 7.90. The molecule has 5 heteroatoms. The van der Waals surface area contributed by atoms with Gasteiger partial charge in [0.15, 0.2) is 0 Å². The fourth-order valence-corrected chi connectivity index (χ4v) is 3.52. The van der Waals surface area contributed by atoms with Crippen molar-refractivity contribution in [3.05, 3.63) is 42.1 Å². The number of hydrogen-bond donors (Lipinski definition) is 3. The molecule has 0 aliphatic carbocycles. The van der Waals surface area contributed by atoms with Crippen LogP contribution in [0.25, 0.3) is 0 Å². The molecule has 2 atom stereocenters. The van der Waals surface area contributed by atoms with E-state index in [1.54, 1.807) is 0 Å². The van der Waals surface area contributed by atoms with Gasteiger partial charge < -0.3 is 21.3 Å². The van der Waals surface area contributed by atoms with Crippen molar-refractivity contribution in [2.45, 2.75) is 52.2 Å². The third-order valence-electron chi connectivity index (χ3n) is 4.81. The van der Waals surface area contributed by atoms with Crippen LogP contribution in [0.4, 0.5) is 5.69 Å². The van der Waals surface area contributed by atoms with Crippen molar-refractivity contribution in [1.82, 2.24) is 15.5 Å². The number of anilines is 1. The molecule has 2 unspecified atom stereocenters. The van der Waals surface area contributed by atoms with Gasteiger partial charge in [-0.15, -0.1) is 0 Å². The van der Waals surface area contributed by atoms with Crippen molar-refractivity contribution in [2.24, 2.45) is 5.41 Å². The summed E-state index contributed by atoms with van der Waals surface area (Å²) < 4.78 is 0. The van der Waals surface area contributed by atoms with Crippen LogP contribution in [0.1, 0.15) is 39.2 Å². The van der Waals surface area contributed by atoms with Gasteiger partial charge in [0.1, 0.15) is 0 Å². The van der Waals surface area contributed by atoms with E-state index in [1.165, 1.54) is 0 Å². The van der Waals surface area contributed by atoms with Crippen molar-refractivity contribution in [3.63, 3.8) is 0 Å². The monoisotopic (exact) mass is 344 g/mol. The Morgan fingerprint density at radius 3 is 2.76 bits per heavy atom. The summed E-state index contributed by atoms with van der Waals surface area (Å²) in [5.41, 5.74) is 8.46. The normalized spacial score (nSPS) is 18.9. The predicted octanol–water partition coefficient (Wildman–Crippen LogP) is 2.50. The minimum Gasteiger partial charge on any atom is -0.399 e. The van der Waals surface area contributed by atoms with Crippen LogP contribution in [-0.2, 0) is 11.3 Å². The van der Waals surface area contributed by atoms with Crippen LogP contribution < -0.4 is 16.4 Å². The van der Waals surface area contributed by atoms with Gasteiger partial charge in [-0.2, -0.15) is 0 Å². The zero-order chi connectivity index (χ0) is 18.6. The van der Waals surface area contributed by atoms with Crippen molar-refractivity contribution in [2.75, 3.05) is 19.3 Å². The molecule has 1 aromatic carbocycles. The fraction of sp³-hybridized carbons (Fsp3) is 0.550. The Hall–Kier alpha value is -2.01. The van der Waals surface area contributed by atoms with Crippen LogP contribution in [0.2, 0.25) is 0 Å². The molecule has 1 aliphatic heterocycles. The summed E-state index contributed by atoms with van der Waals surface area (Å²) in [5, 5.41) is 6.57. The summed E-state index contributed by atoms with van der Waals surface area (Å²) in [6.07, 6.45) is 1.96. The summed E-state index contributed by atoms with van der Waals surface area (Å²) >= 11 is 0. The first-order chi connectivity index (χ1) is 11.7. The molecule has 1 amide bonds. The lowest BCUT2D eigenvalue weighted by Crippen LogP contribution is -2.53. The van der Waals surface area contributed by atoms with E-state index in [1.807, 2.05) is 36.2 Å². The Morgan fingerprint density at radius 1 is 1.44 bits per heavy atom. The Kier molecular flexibility index (Phi) is 6.11. The zero-order valence-corrected chi connectivity index (χ0v) is 15.9. The highest BCUT2D eigenvalue weighted by atomic mass is 16.2. The van der Waals surface area contributed by atoms with Gasteiger partial charge >= 0.3 is 0 Å². The highest BCUT2D eigenvalue weighted by molar-refractivity contribution is 5.83. The SMILES string of the molecule is C=C(NCc1cccc(N)c1)C1CCCN1C(=O)C(NC)C(C)(C)C. The highest BCUT2D eigenvalue weighted by Crippen LogP contribution is 2.27. The maximum absolute atomic E-state index is 13.0. The maximum atomic E-state index is 13.0. The smallest absolute Gasteiger partial charge is 0.240 e. The predicted molar refractivity (Wildman–Crippen MR) is 104 cm³/mol. The van der Waals surface area contributed by atoms with Crippen LogP contribution >= 0.6 is 0 Å². The molecule has 1 aliphatic rings. The minimum absolute atomic E-state index is 0.0479. The number of nitrogens with zero attached hydrogens (tertiary/aromatic N) is 1. The van der Waals surface area contributed by atoms with Gasteiger partial charge in [-0.25, -0.2) is 0 Å². The van der Waals surface area contributed by atoms with Gasteiger partial charge in [0.2, 0.25) is 5.91 Å². The number of carbonyl (C=O) groups excluding carboxylic acids is 1. The molecule has 25 heavy (non-hydrogen) atoms. The molecule has 1 saturated heterocycles. The molecule has 0 saturated carbocycles. The lowest BCUT2D eigenvalue weighted by Gasteiger charge is -2.35. The van der Waals surface area contributed by atoms with E-state index in [2.05, 4.69) is 38.0 Å². The molecule has 1 aromatic rings. The molecule has 0 spiro atoms. The molecule has 0 aromatic heterocycles. The Morgan fingerprint density at radius 2 is 2.16 bits per heavy atom. The summed E-state index contributed by atoms with van der Waals surface area (Å²) in [6.45, 7) is 11.9. The van der Waals surface area contributed by atoms with Gasteiger partial charge in [-0.1, -0.05) is 39.5 Å². The van der Waals surface area contributed by atoms with Gasteiger partial charge in [0.05, 0.1) is 12.1 Å². The third kappa shape index (κ3) is 4.75. The third-order valence-corrected chi connectivity index (χ3v) is 4.81. The summed E-state index contributed by atoms with van der Waals surface area (Å²) in [6, 6.07) is 7.66. The lowest BCUT2D eigenvalue weighted by molar-refractivity contribution is -0.136. The number of carbonyl (C=O) groups is 1. The van der Waals surface area contributed by atoms with Crippen LogP contribution in [0.15, 0.2) is 36.5 Å². The van der Waals surface area contributed by atoms with E-state index >= 15 is 0 Å². The second kappa shape index (κ2) is 7.91. The maximum Gasteiger partial charge on any atom is 0.240 e. The molecule has 138 valence electrons. The molecule has 2 rings (SSSR count). The molecule has 4 N–H and O–H groups in total. The van der Waals surface area contributed by atoms with Crippen molar-refractivity contribution in [1.29, 1.82) is 0 Å². The lowest BCUT2D eigenvalue weighted by atomic mass is 9.85. The minimum atomic E-state index is -0.199. The second-order valence-corrected chi connectivity index (χ2v) is 7.90. The average Bonchev–Trinajstić information content (AvgIpc) is 3.01. The molecule has 0 radical (unpaired) electrons. The number of amides is 1. The number of likely N-dealkylation sites (N-methyl/N-ethyl adjacent to an activating group) is 1. The number of nitrogen functional groups attached to an aromatic ring is 1. The van der Waals surface area contributed by atoms with Crippen LogP contribution in [-0.4, -0.2) is 36.5 Å². The number of hydrogen-bond acceptors (Lipinski definition) is 4. The van der Waals surface area contributed by atoms with E-state index in [-0.39, 0.29) is 23.4 Å². The summed E-state index contributed by atoms with van der Waals surface area (Å²) in [5.74, 6) is 0.157. The van der Waals surface area contributed by atoms with E-state index in [0.29, 0.717) is 6.54 Å². The first-order valence-electron chi connectivity index (χ1n) is 8.99. The summed E-state index contributed by atoms with van der Waals surface area (Å²) in [7, 11) is 1.85. The first-order valence-corrected chi connectivity index (χ1v) is 8.99. The number of benzene rings is 1. The Bertz CT molecular complexity index is 620. The number of rotatable bonds is 6. The molecule has 0 bridgehead atoms. The molecular weight excluding hydrogens is 312 g/mol. The fourth-order valence-electron chi connectivity index (χ4n) is 3.52. The first kappa shape index (κ1) is 19.3. The largest absolute Gasteiger partial charge is 0.399 e. The molecule has 1 fully saturated rings. The average molecular weight is 345 g/mol. The Labute approximate surface area is 151 Å². The quantitative estimate of drug-likeness (QED) is 0.694. The number of likely N-dealkylation sites (tertiary alicyclic amines) is 1. The number of nitrogens with two attached hydrogens (primary N) is 1. The molecular formula is C20H32N4O. The van der Waals surface area contributed by atoms with Gasteiger partial charge in [0, 0.05) is 24.5 Å². The van der Waals surface area contributed by atoms with Crippen molar-refractivity contribution < 1.29 is 4.79 Å². The van der Waals surface area contributed by atoms with Crippen molar-refractivity contribution in [3.8, 4) is 0 Å². The topological polar surface area (TPSA) is 70.4 Å². The standard InChI is InChI=1S/C20H32N4O/c1-14(23-13-15-8-6-9-16(21)12-15)17-10-7-11-24(17)19(25)18(22-5)20(2,3)4/h6,8-9,12,17-18,22-23H,1,7,10-11,13,21H2,2-5H3. The van der Waals surface area contributed by atoms with E-state index in [0.717, 1.165) is 36.3 Å². The van der Waals surface area contributed by atoms with Crippen LogP contribution in [0, 0.1) is 5.41 Å². The van der Waals surface area contributed by atoms with Gasteiger partial charge in [0.25, 0.3) is 0 Å². The van der Waals surface area contributed by atoms with Crippen LogP contribution in [0.5, 0.6) is 0 Å². The Balaban J connectivity index is 2.02. The van der Waals surface area contributed by atoms with E-state index in [9.17, 15) is 4.79 Å². The van der Waals surface area contributed by atoms with E-state index in [4.69, 9.17) is 5.73 Å². The molecule has 1 heterocycles. The van der Waals surface area contributed by atoms with E-state index < -0.39 is 0 Å². The molecule has 5 nitrogen and oxygen atoms in total. The summed E-state index contributed by atoms with van der Waals surface area (Å²) in [4.78, 5) is 15.0. The zero-order valence-electron chi connectivity index (χ0n) is 15.9.